The fourth-order valence-corrected chi connectivity index (χ4v) is 4.98. The van der Waals surface area contributed by atoms with Crippen molar-refractivity contribution < 1.29 is 24.0 Å². The molecule has 2 aliphatic heterocycles. The van der Waals surface area contributed by atoms with Gasteiger partial charge >= 0.3 is 0 Å². The van der Waals surface area contributed by atoms with E-state index in [0.29, 0.717) is 51.1 Å². The van der Waals surface area contributed by atoms with Gasteiger partial charge in [-0.2, -0.15) is 0 Å². The first-order chi connectivity index (χ1) is 17.9. The number of carbonyl (C=O) groups is 3. The van der Waals surface area contributed by atoms with E-state index in [9.17, 15) is 24.5 Å². The number of ether oxygens (including phenoxy) is 1. The predicted molar refractivity (Wildman–Crippen MR) is 136 cm³/mol. The van der Waals surface area contributed by atoms with Crippen molar-refractivity contribution in [2.45, 2.75) is 24.8 Å². The van der Waals surface area contributed by atoms with Crippen LogP contribution >= 0.6 is 0 Å². The minimum Gasteiger partial charge on any atom is -0.385 e. The van der Waals surface area contributed by atoms with Crippen molar-refractivity contribution in [2.75, 3.05) is 51.5 Å². The maximum absolute atomic E-state index is 13.7. The molecule has 11 nitrogen and oxygen atoms in total. The highest BCUT2D eigenvalue weighted by atomic mass is 16.6. The molecule has 4 rings (SSSR count). The molecular weight excluding hydrogens is 478 g/mol. The second kappa shape index (κ2) is 11.4. The number of nitro groups is 1. The van der Waals surface area contributed by atoms with Gasteiger partial charge in [0.25, 0.3) is 17.5 Å². The van der Waals surface area contributed by atoms with Crippen molar-refractivity contribution in [3.8, 4) is 0 Å². The summed E-state index contributed by atoms with van der Waals surface area (Å²) in [4.78, 5) is 55.0. The molecule has 0 radical (unpaired) electrons. The number of hydrogen-bond donors (Lipinski definition) is 1. The molecule has 2 aromatic carbocycles. The largest absolute Gasteiger partial charge is 0.385 e. The smallest absolute Gasteiger partial charge is 0.269 e. The van der Waals surface area contributed by atoms with E-state index in [4.69, 9.17) is 4.74 Å². The van der Waals surface area contributed by atoms with Crippen LogP contribution in [-0.2, 0) is 14.3 Å². The Morgan fingerprint density at radius 3 is 2.38 bits per heavy atom. The Morgan fingerprint density at radius 1 is 1.08 bits per heavy atom. The average molecular weight is 510 g/mol. The third kappa shape index (κ3) is 5.56. The number of methoxy groups -OCH3 is 1. The van der Waals surface area contributed by atoms with Crippen molar-refractivity contribution >= 4 is 29.1 Å². The monoisotopic (exact) mass is 509 g/mol. The molecule has 2 heterocycles. The molecular formula is C26H31N5O6. The molecule has 2 aromatic rings. The number of nitrogens with zero attached hydrogens (tertiary/aromatic N) is 4. The molecule has 0 aliphatic carbocycles. The summed E-state index contributed by atoms with van der Waals surface area (Å²) in [7, 11) is 1.60. The molecule has 0 aromatic heterocycles. The number of rotatable bonds is 9. The van der Waals surface area contributed by atoms with Crippen LogP contribution < -0.4 is 10.2 Å². The summed E-state index contributed by atoms with van der Waals surface area (Å²) in [6.45, 7) is 1.96. The van der Waals surface area contributed by atoms with Crippen molar-refractivity contribution in [3.05, 3.63) is 70.3 Å². The van der Waals surface area contributed by atoms with Crippen molar-refractivity contribution in [3.63, 3.8) is 0 Å². The van der Waals surface area contributed by atoms with E-state index < -0.39 is 10.5 Å². The third-order valence-electron chi connectivity index (χ3n) is 6.97. The number of anilines is 1. The van der Waals surface area contributed by atoms with E-state index in [0.717, 1.165) is 5.69 Å². The Bertz CT molecular complexity index is 1130. The van der Waals surface area contributed by atoms with Crippen LogP contribution in [0.1, 0.15) is 29.6 Å². The van der Waals surface area contributed by atoms with Gasteiger partial charge in [0.05, 0.1) is 11.6 Å². The predicted octanol–water partition coefficient (Wildman–Crippen LogP) is 2.03. The minimum atomic E-state index is -0.857. The Hall–Kier alpha value is -3.99. The number of amides is 3. The Balaban J connectivity index is 1.47. The molecule has 0 unspecified atom stereocenters. The van der Waals surface area contributed by atoms with E-state index in [-0.39, 0.29) is 36.6 Å². The van der Waals surface area contributed by atoms with Gasteiger partial charge in [0.2, 0.25) is 5.91 Å². The number of nitrogens with one attached hydrogen (secondary N) is 1. The molecule has 3 amide bonds. The fourth-order valence-electron chi connectivity index (χ4n) is 4.98. The highest BCUT2D eigenvalue weighted by Gasteiger charge is 2.54. The Morgan fingerprint density at radius 2 is 1.76 bits per heavy atom. The number of carbonyl (C=O) groups excluding carboxylic acids is 3. The van der Waals surface area contributed by atoms with E-state index in [1.807, 2.05) is 35.2 Å². The molecule has 2 aliphatic rings. The summed E-state index contributed by atoms with van der Waals surface area (Å²) >= 11 is 0. The van der Waals surface area contributed by atoms with Crippen LogP contribution in [0, 0.1) is 10.1 Å². The molecule has 196 valence electrons. The van der Waals surface area contributed by atoms with Crippen LogP contribution in [-0.4, -0.2) is 84.5 Å². The average Bonchev–Trinajstić information content (AvgIpc) is 3.17. The van der Waals surface area contributed by atoms with Crippen molar-refractivity contribution in [2.24, 2.45) is 0 Å². The zero-order chi connectivity index (χ0) is 26.4. The van der Waals surface area contributed by atoms with Crippen LogP contribution in [0.15, 0.2) is 54.6 Å². The van der Waals surface area contributed by atoms with Gasteiger partial charge in [-0.1, -0.05) is 18.2 Å². The maximum atomic E-state index is 13.7. The van der Waals surface area contributed by atoms with Gasteiger partial charge in [-0.15, -0.1) is 0 Å². The number of nitro benzene ring substituents is 1. The maximum Gasteiger partial charge on any atom is 0.269 e. The van der Waals surface area contributed by atoms with Gasteiger partial charge in [-0.25, -0.2) is 0 Å². The number of hydrogen-bond acceptors (Lipinski definition) is 7. The Labute approximate surface area is 215 Å². The molecule has 11 heteroatoms. The standard InChI is InChI=1S/C26H31N5O6/c1-37-17-5-14-27-23(32)18-29-19-30(21-6-3-2-4-7-21)26(25(29)34)12-15-28(16-13-26)24(33)20-8-10-22(11-9-20)31(35)36/h2-4,6-11H,5,12-19H2,1H3,(H,27,32). The summed E-state index contributed by atoms with van der Waals surface area (Å²) in [5.41, 5.74) is 0.316. The van der Waals surface area contributed by atoms with Crippen LogP contribution in [0.5, 0.6) is 0 Å². The van der Waals surface area contributed by atoms with Crippen molar-refractivity contribution in [1.29, 1.82) is 0 Å². The molecule has 0 saturated carbocycles. The van der Waals surface area contributed by atoms with Crippen LogP contribution in [0.4, 0.5) is 11.4 Å². The van der Waals surface area contributed by atoms with Gasteiger partial charge in [0, 0.05) is 56.7 Å². The first-order valence-corrected chi connectivity index (χ1v) is 12.3. The molecule has 0 bridgehead atoms. The molecule has 2 saturated heterocycles. The summed E-state index contributed by atoms with van der Waals surface area (Å²) in [5.74, 6) is -0.570. The number of piperidine rings is 1. The van der Waals surface area contributed by atoms with E-state index in [1.165, 1.54) is 24.3 Å². The van der Waals surface area contributed by atoms with Gasteiger partial charge in [0.15, 0.2) is 0 Å². The lowest BCUT2D eigenvalue weighted by atomic mass is 9.85. The molecule has 1 N–H and O–H groups in total. The van der Waals surface area contributed by atoms with Gasteiger partial charge in [-0.05, 0) is 43.5 Å². The van der Waals surface area contributed by atoms with Gasteiger partial charge in [-0.3, -0.25) is 24.5 Å². The Kier molecular flexibility index (Phi) is 8.02. The second-order valence-corrected chi connectivity index (χ2v) is 9.23. The number of para-hydroxylation sites is 1. The van der Waals surface area contributed by atoms with Gasteiger partial charge < -0.3 is 24.8 Å². The summed E-state index contributed by atoms with van der Waals surface area (Å²) in [5, 5.41) is 13.8. The highest BCUT2D eigenvalue weighted by Crippen LogP contribution is 2.39. The molecule has 1 spiro atoms. The minimum absolute atomic E-state index is 0.0393. The zero-order valence-electron chi connectivity index (χ0n) is 20.8. The normalized spacial score (nSPS) is 16.8. The lowest BCUT2D eigenvalue weighted by molar-refractivity contribution is -0.384. The van der Waals surface area contributed by atoms with Crippen molar-refractivity contribution in [1.82, 2.24) is 15.1 Å². The zero-order valence-corrected chi connectivity index (χ0v) is 20.8. The van der Waals surface area contributed by atoms with E-state index in [1.54, 1.807) is 16.9 Å². The van der Waals surface area contributed by atoms with Crippen LogP contribution in [0.25, 0.3) is 0 Å². The number of benzene rings is 2. The summed E-state index contributed by atoms with van der Waals surface area (Å²) < 4.78 is 5.00. The summed E-state index contributed by atoms with van der Waals surface area (Å²) in [6.07, 6.45) is 1.51. The molecule has 37 heavy (non-hydrogen) atoms. The summed E-state index contributed by atoms with van der Waals surface area (Å²) in [6, 6.07) is 15.1. The first kappa shape index (κ1) is 26.1. The van der Waals surface area contributed by atoms with Gasteiger partial charge in [0.1, 0.15) is 12.1 Å². The fraction of sp³-hybridized carbons (Fsp3) is 0.423. The lowest BCUT2D eigenvalue weighted by Gasteiger charge is -2.43. The van der Waals surface area contributed by atoms with E-state index >= 15 is 0 Å². The quantitative estimate of drug-likeness (QED) is 0.311. The SMILES string of the molecule is COCCCNC(=O)CN1CN(c2ccccc2)C2(CCN(C(=O)c3ccc([N+](=O)[O-])cc3)CC2)C1=O. The number of likely N-dealkylation sites (tertiary alicyclic amines) is 1. The molecule has 0 atom stereocenters. The number of non-ortho nitro benzene ring substituents is 1. The molecule has 2 fully saturated rings. The first-order valence-electron chi connectivity index (χ1n) is 12.3. The van der Waals surface area contributed by atoms with E-state index in [2.05, 4.69) is 5.32 Å². The second-order valence-electron chi connectivity index (χ2n) is 9.23. The topological polar surface area (TPSA) is 125 Å². The lowest BCUT2D eigenvalue weighted by Crippen LogP contribution is -2.57. The van der Waals surface area contributed by atoms with Crippen LogP contribution in [0.3, 0.4) is 0 Å². The van der Waals surface area contributed by atoms with Crippen LogP contribution in [0.2, 0.25) is 0 Å². The third-order valence-corrected chi connectivity index (χ3v) is 6.97. The highest BCUT2D eigenvalue weighted by molar-refractivity contribution is 5.97.